The molecule has 2 heterocycles. The summed E-state index contributed by atoms with van der Waals surface area (Å²) in [5.74, 6) is -1.12. The molecule has 3 amide bonds. The van der Waals surface area contributed by atoms with Gasteiger partial charge >= 0.3 is 0 Å². The molecule has 4 N–H and O–H groups in total. The average Bonchev–Trinajstić information content (AvgIpc) is 2.33. The maximum Gasteiger partial charge on any atom is 0.249 e. The Morgan fingerprint density at radius 1 is 1.39 bits per heavy atom. The first-order valence-corrected chi connectivity index (χ1v) is 6.02. The molecule has 0 aliphatic carbocycles. The predicted molar refractivity (Wildman–Crippen MR) is 61.3 cm³/mol. The van der Waals surface area contributed by atoms with Gasteiger partial charge in [-0.2, -0.15) is 0 Å². The Bertz CT molecular complexity index is 376. The van der Waals surface area contributed by atoms with E-state index in [9.17, 15) is 14.4 Å². The number of nitrogens with one attached hydrogen (secondary N) is 2. The van der Waals surface area contributed by atoms with Gasteiger partial charge in [-0.3, -0.25) is 19.7 Å². The normalized spacial score (nSPS) is 27.5. The highest BCUT2D eigenvalue weighted by atomic mass is 16.5. The van der Waals surface area contributed by atoms with Crippen LogP contribution in [0.25, 0.3) is 0 Å². The second-order valence-corrected chi connectivity index (χ2v) is 4.75. The van der Waals surface area contributed by atoms with Crippen molar-refractivity contribution >= 4 is 17.7 Å². The van der Waals surface area contributed by atoms with E-state index in [-0.39, 0.29) is 18.2 Å². The number of nitrogens with two attached hydrogens (primary N) is 1. The Morgan fingerprint density at radius 2 is 2.06 bits per heavy atom. The summed E-state index contributed by atoms with van der Waals surface area (Å²) in [4.78, 5) is 34.6. The van der Waals surface area contributed by atoms with Crippen LogP contribution in [0.4, 0.5) is 0 Å². The molecule has 2 rings (SSSR count). The van der Waals surface area contributed by atoms with Crippen molar-refractivity contribution in [2.75, 3.05) is 13.2 Å². The van der Waals surface area contributed by atoms with Crippen molar-refractivity contribution in [3.8, 4) is 0 Å². The number of amides is 3. The van der Waals surface area contributed by atoms with E-state index in [4.69, 9.17) is 10.5 Å². The summed E-state index contributed by atoms with van der Waals surface area (Å²) in [6.07, 6.45) is 1.43. The van der Waals surface area contributed by atoms with E-state index in [0.29, 0.717) is 32.5 Å². The van der Waals surface area contributed by atoms with Crippen LogP contribution in [0.15, 0.2) is 0 Å². The molecule has 2 aliphatic heterocycles. The van der Waals surface area contributed by atoms with Crippen molar-refractivity contribution in [3.05, 3.63) is 0 Å². The van der Waals surface area contributed by atoms with E-state index < -0.39 is 17.5 Å². The van der Waals surface area contributed by atoms with E-state index in [1.54, 1.807) is 0 Å². The van der Waals surface area contributed by atoms with Crippen LogP contribution in [0.5, 0.6) is 0 Å². The topological polar surface area (TPSA) is 111 Å². The molecular weight excluding hydrogens is 238 g/mol. The number of carbonyl (C=O) groups is 3. The van der Waals surface area contributed by atoms with Crippen LogP contribution >= 0.6 is 0 Å². The molecule has 0 aromatic carbocycles. The van der Waals surface area contributed by atoms with Crippen LogP contribution in [-0.2, 0) is 19.1 Å². The number of ether oxygens (including phenoxy) is 1. The summed E-state index contributed by atoms with van der Waals surface area (Å²) < 4.78 is 5.16. The molecule has 7 heteroatoms. The fourth-order valence-corrected chi connectivity index (χ4v) is 2.10. The first-order valence-electron chi connectivity index (χ1n) is 6.02. The molecular formula is C11H17N3O4. The van der Waals surface area contributed by atoms with Gasteiger partial charge in [0.15, 0.2) is 0 Å². The summed E-state index contributed by atoms with van der Waals surface area (Å²) in [6.45, 7) is 0.887. The average molecular weight is 255 g/mol. The Hall–Kier alpha value is -1.47. The van der Waals surface area contributed by atoms with E-state index >= 15 is 0 Å². The van der Waals surface area contributed by atoms with Crippen molar-refractivity contribution in [1.29, 1.82) is 0 Å². The van der Waals surface area contributed by atoms with Gasteiger partial charge < -0.3 is 15.8 Å². The maximum absolute atomic E-state index is 12.1. The van der Waals surface area contributed by atoms with Crippen LogP contribution < -0.4 is 16.4 Å². The van der Waals surface area contributed by atoms with Crippen molar-refractivity contribution in [2.45, 2.75) is 37.3 Å². The first kappa shape index (κ1) is 13.0. The smallest absolute Gasteiger partial charge is 0.249 e. The minimum Gasteiger partial charge on any atom is -0.381 e. The first-order chi connectivity index (χ1) is 8.51. The highest BCUT2D eigenvalue weighted by Gasteiger charge is 2.38. The van der Waals surface area contributed by atoms with Crippen LogP contribution in [0.2, 0.25) is 0 Å². The van der Waals surface area contributed by atoms with E-state index in [1.807, 2.05) is 0 Å². The maximum atomic E-state index is 12.1. The third-order valence-corrected chi connectivity index (χ3v) is 3.38. The molecule has 0 radical (unpaired) electrons. The summed E-state index contributed by atoms with van der Waals surface area (Å²) in [7, 11) is 0. The van der Waals surface area contributed by atoms with Gasteiger partial charge in [-0.05, 0) is 19.3 Å². The van der Waals surface area contributed by atoms with Gasteiger partial charge in [0.2, 0.25) is 17.7 Å². The van der Waals surface area contributed by atoms with Gasteiger partial charge in [0, 0.05) is 19.6 Å². The Balaban J connectivity index is 1.94. The quantitative estimate of drug-likeness (QED) is 0.515. The van der Waals surface area contributed by atoms with E-state index in [0.717, 1.165) is 0 Å². The molecule has 1 unspecified atom stereocenters. The zero-order chi connectivity index (χ0) is 13.2. The van der Waals surface area contributed by atoms with Gasteiger partial charge in [-0.1, -0.05) is 0 Å². The fourth-order valence-electron chi connectivity index (χ4n) is 2.10. The molecule has 2 aliphatic rings. The molecule has 0 saturated carbocycles. The molecule has 0 spiro atoms. The molecule has 1 atom stereocenters. The highest BCUT2D eigenvalue weighted by molar-refractivity contribution is 6.02. The minimum atomic E-state index is -0.972. The van der Waals surface area contributed by atoms with Crippen molar-refractivity contribution in [3.63, 3.8) is 0 Å². The summed E-state index contributed by atoms with van der Waals surface area (Å²) in [5, 5.41) is 4.81. The molecule has 18 heavy (non-hydrogen) atoms. The fraction of sp³-hybridized carbons (Fsp3) is 0.727. The molecule has 0 aromatic heterocycles. The Labute approximate surface area is 104 Å². The lowest BCUT2D eigenvalue weighted by atomic mass is 9.89. The van der Waals surface area contributed by atoms with Gasteiger partial charge in [0.1, 0.15) is 6.04 Å². The van der Waals surface area contributed by atoms with Crippen LogP contribution in [0.1, 0.15) is 25.7 Å². The van der Waals surface area contributed by atoms with Crippen LogP contribution in [0, 0.1) is 0 Å². The number of imide groups is 1. The summed E-state index contributed by atoms with van der Waals surface area (Å²) >= 11 is 0. The number of hydrogen-bond donors (Lipinski definition) is 3. The predicted octanol–water partition coefficient (Wildman–Crippen LogP) is -1.58. The van der Waals surface area contributed by atoms with Crippen LogP contribution in [0.3, 0.4) is 0 Å². The molecule has 2 saturated heterocycles. The van der Waals surface area contributed by atoms with E-state index in [1.165, 1.54) is 0 Å². The highest BCUT2D eigenvalue weighted by Crippen LogP contribution is 2.18. The molecule has 2 fully saturated rings. The van der Waals surface area contributed by atoms with Gasteiger partial charge in [-0.15, -0.1) is 0 Å². The second kappa shape index (κ2) is 5.03. The summed E-state index contributed by atoms with van der Waals surface area (Å²) in [5.41, 5.74) is 5.03. The summed E-state index contributed by atoms with van der Waals surface area (Å²) in [6, 6.07) is -0.668. The molecule has 100 valence electrons. The lowest BCUT2D eigenvalue weighted by Gasteiger charge is -2.33. The van der Waals surface area contributed by atoms with Crippen molar-refractivity contribution in [2.24, 2.45) is 5.73 Å². The Morgan fingerprint density at radius 3 is 2.67 bits per heavy atom. The van der Waals surface area contributed by atoms with Crippen LogP contribution in [-0.4, -0.2) is 42.5 Å². The zero-order valence-corrected chi connectivity index (χ0v) is 10.0. The van der Waals surface area contributed by atoms with E-state index in [2.05, 4.69) is 10.6 Å². The zero-order valence-electron chi connectivity index (χ0n) is 10.0. The monoisotopic (exact) mass is 255 g/mol. The lowest BCUT2D eigenvalue weighted by molar-refractivity contribution is -0.139. The van der Waals surface area contributed by atoms with Gasteiger partial charge in [-0.25, -0.2) is 0 Å². The van der Waals surface area contributed by atoms with Crippen molar-refractivity contribution < 1.29 is 19.1 Å². The Kier molecular flexibility index (Phi) is 3.63. The largest absolute Gasteiger partial charge is 0.381 e. The minimum absolute atomic E-state index is 0.234. The van der Waals surface area contributed by atoms with Gasteiger partial charge in [0.05, 0.1) is 5.54 Å². The van der Waals surface area contributed by atoms with Crippen molar-refractivity contribution in [1.82, 2.24) is 10.6 Å². The molecule has 0 aromatic rings. The number of rotatable bonds is 2. The number of hydrogen-bond acceptors (Lipinski definition) is 5. The SMILES string of the molecule is NC1(C(=O)NC2CCC(=O)NC2=O)CCOCC1. The molecule has 0 bridgehead atoms. The third kappa shape index (κ3) is 2.68. The molecule has 7 nitrogen and oxygen atoms in total. The lowest BCUT2D eigenvalue weighted by Crippen LogP contribution is -2.61. The van der Waals surface area contributed by atoms with Gasteiger partial charge in [0.25, 0.3) is 0 Å². The number of carbonyl (C=O) groups excluding carboxylic acids is 3. The third-order valence-electron chi connectivity index (χ3n) is 3.38. The standard InChI is InChI=1S/C11H17N3O4/c12-11(3-5-18-6-4-11)10(17)13-7-1-2-8(15)14-9(7)16/h7H,1-6,12H2,(H,13,17)(H,14,15,16). The second-order valence-electron chi connectivity index (χ2n) is 4.75. The number of piperidine rings is 1.